The third-order valence-corrected chi connectivity index (χ3v) is 6.75. The second-order valence-electron chi connectivity index (χ2n) is 9.53. The maximum atomic E-state index is 13.7. The van der Waals surface area contributed by atoms with Crippen molar-refractivity contribution in [3.63, 3.8) is 0 Å². The van der Waals surface area contributed by atoms with Crippen LogP contribution in [0.2, 0.25) is 0 Å². The number of nitrogens with one attached hydrogen (secondary N) is 3. The fourth-order valence-corrected chi connectivity index (χ4v) is 4.33. The minimum absolute atomic E-state index is 0.176. The third-order valence-electron chi connectivity index (χ3n) is 6.75. The number of hydrogen-bond acceptors (Lipinski definition) is 8. The molecule has 1 fully saturated rings. The van der Waals surface area contributed by atoms with Gasteiger partial charge in [-0.3, -0.25) is 20.8 Å². The van der Waals surface area contributed by atoms with Gasteiger partial charge in [-0.25, -0.2) is 9.07 Å². The normalized spacial score (nSPS) is 15.4. The monoisotopic (exact) mass is 554 g/mol. The van der Waals surface area contributed by atoms with Crippen LogP contribution < -0.4 is 10.8 Å². The molecule has 1 saturated heterocycles. The number of halogens is 1. The van der Waals surface area contributed by atoms with Gasteiger partial charge in [0, 0.05) is 61.3 Å². The standard InChI is InChI=1S/C31H35FN8O/c1-21(22(2)37-23(3)25-6-5-14-36-20-25)13-15-40-28(33)12-11-27(38-40)29(30(34)24-7-9-26(32)10-8-24)31(35-4)39-16-18-41-19-17-39/h5-15,20,33-35H,16-19H2,1-4H3/b15-13+,22-21+,31-29+,33-28?,34-30?,37-23+. The Bertz CT molecular complexity index is 1560. The van der Waals surface area contributed by atoms with Crippen molar-refractivity contribution in [1.82, 2.24) is 25.0 Å². The molecule has 1 aliphatic heterocycles. The molecule has 41 heavy (non-hydrogen) atoms. The van der Waals surface area contributed by atoms with Gasteiger partial charge in [-0.15, -0.1) is 0 Å². The van der Waals surface area contributed by atoms with Gasteiger partial charge < -0.3 is 15.0 Å². The quantitative estimate of drug-likeness (QED) is 0.267. The van der Waals surface area contributed by atoms with Crippen molar-refractivity contribution in [2.75, 3.05) is 33.4 Å². The first-order valence-electron chi connectivity index (χ1n) is 13.3. The molecule has 4 rings (SSSR count). The Hall–Kier alpha value is -4.70. The third kappa shape index (κ3) is 7.29. The first-order chi connectivity index (χ1) is 19.8. The summed E-state index contributed by atoms with van der Waals surface area (Å²) in [7, 11) is 1.81. The lowest BCUT2D eigenvalue weighted by atomic mass is 9.98. The van der Waals surface area contributed by atoms with E-state index in [-0.39, 0.29) is 17.0 Å². The Morgan fingerprint density at radius 1 is 1.05 bits per heavy atom. The molecule has 0 bridgehead atoms. The van der Waals surface area contributed by atoms with E-state index >= 15 is 0 Å². The molecule has 0 aliphatic carbocycles. The fourth-order valence-electron chi connectivity index (χ4n) is 4.33. The summed E-state index contributed by atoms with van der Waals surface area (Å²) in [6.07, 6.45) is 7.08. The van der Waals surface area contributed by atoms with E-state index < -0.39 is 0 Å². The highest BCUT2D eigenvalue weighted by Gasteiger charge is 2.23. The molecule has 1 aliphatic rings. The van der Waals surface area contributed by atoms with Crippen LogP contribution in [0.1, 0.15) is 37.6 Å². The molecule has 0 spiro atoms. The smallest absolute Gasteiger partial charge is 0.146 e. The molecule has 0 saturated carbocycles. The molecule has 3 aromatic rings. The zero-order valence-electron chi connectivity index (χ0n) is 23.8. The number of morpholine rings is 1. The molecule has 0 radical (unpaired) electrons. The molecule has 1 aromatic carbocycles. The highest BCUT2D eigenvalue weighted by Crippen LogP contribution is 2.24. The Kier molecular flexibility index (Phi) is 9.70. The highest BCUT2D eigenvalue weighted by molar-refractivity contribution is 6.30. The molecule has 10 heteroatoms. The van der Waals surface area contributed by atoms with Crippen molar-refractivity contribution in [1.29, 1.82) is 10.8 Å². The van der Waals surface area contributed by atoms with Crippen molar-refractivity contribution in [3.8, 4) is 0 Å². The lowest BCUT2D eigenvalue weighted by Crippen LogP contribution is -2.40. The van der Waals surface area contributed by atoms with E-state index in [0.717, 1.165) is 28.4 Å². The first-order valence-corrected chi connectivity index (χ1v) is 13.3. The molecular formula is C31H35FN8O. The zero-order valence-corrected chi connectivity index (χ0v) is 23.8. The van der Waals surface area contributed by atoms with Crippen molar-refractivity contribution in [2.24, 2.45) is 4.99 Å². The van der Waals surface area contributed by atoms with Crippen molar-refractivity contribution in [2.45, 2.75) is 20.8 Å². The predicted molar refractivity (Wildman–Crippen MR) is 160 cm³/mol. The summed E-state index contributed by atoms with van der Waals surface area (Å²) < 4.78 is 20.7. The molecule has 9 nitrogen and oxygen atoms in total. The van der Waals surface area contributed by atoms with Crippen LogP contribution in [0.3, 0.4) is 0 Å². The lowest BCUT2D eigenvalue weighted by Gasteiger charge is -2.32. The summed E-state index contributed by atoms with van der Waals surface area (Å²) in [4.78, 5) is 11.0. The van der Waals surface area contributed by atoms with E-state index in [1.807, 2.05) is 39.0 Å². The number of allylic oxidation sites excluding steroid dienone is 4. The number of hydrogen-bond donors (Lipinski definition) is 3. The van der Waals surface area contributed by atoms with Gasteiger partial charge >= 0.3 is 0 Å². The van der Waals surface area contributed by atoms with Crippen LogP contribution in [0.15, 0.2) is 89.1 Å². The molecule has 0 amide bonds. The summed E-state index contributed by atoms with van der Waals surface area (Å²) in [5, 5.41) is 25.6. The summed E-state index contributed by atoms with van der Waals surface area (Å²) >= 11 is 0. The number of ether oxygens (including phenoxy) is 1. The van der Waals surface area contributed by atoms with Crippen LogP contribution in [-0.4, -0.2) is 64.4 Å². The number of pyridine rings is 1. The van der Waals surface area contributed by atoms with E-state index in [4.69, 9.17) is 25.6 Å². The zero-order chi connectivity index (χ0) is 29.4. The van der Waals surface area contributed by atoms with Gasteiger partial charge in [-0.1, -0.05) is 6.07 Å². The molecule has 3 N–H and O–H groups in total. The largest absolute Gasteiger partial charge is 0.378 e. The SMILES string of the molecule is CN/C(=C(\C(=N)c1ccc(F)cc1)c1ccc(=N)n(/C=C/C(C)=C(C)/N=C(\C)c2cccnc2)n1)N1CCOCC1. The number of benzene rings is 1. The maximum Gasteiger partial charge on any atom is 0.146 e. The Balaban J connectivity index is 1.74. The first kappa shape index (κ1) is 29.3. The van der Waals surface area contributed by atoms with E-state index in [1.165, 1.54) is 16.8 Å². The Morgan fingerprint density at radius 3 is 2.44 bits per heavy atom. The van der Waals surface area contributed by atoms with Gasteiger partial charge in [0.2, 0.25) is 0 Å². The van der Waals surface area contributed by atoms with Gasteiger partial charge in [-0.2, -0.15) is 5.10 Å². The highest BCUT2D eigenvalue weighted by atomic mass is 19.1. The minimum Gasteiger partial charge on any atom is -0.378 e. The average molecular weight is 555 g/mol. The van der Waals surface area contributed by atoms with Gasteiger partial charge in [0.1, 0.15) is 17.1 Å². The fraction of sp³-hybridized carbons (Fsp3) is 0.258. The molecular weight excluding hydrogens is 519 g/mol. The topological polar surface area (TPSA) is 115 Å². The van der Waals surface area contributed by atoms with E-state index in [1.54, 1.807) is 49.9 Å². The number of rotatable bonds is 9. The number of aromatic nitrogens is 3. The summed E-state index contributed by atoms with van der Waals surface area (Å²) in [6.45, 7) is 8.26. The Labute approximate surface area is 239 Å². The van der Waals surface area contributed by atoms with E-state index in [9.17, 15) is 4.39 Å². The summed E-state index contributed by atoms with van der Waals surface area (Å²) in [5.41, 5.74) is 5.50. The number of aliphatic imine (C=N–C) groups is 1. The molecule has 0 unspecified atom stereocenters. The summed E-state index contributed by atoms with van der Waals surface area (Å²) in [6, 6.07) is 13.1. The minimum atomic E-state index is -0.368. The predicted octanol–water partition coefficient (Wildman–Crippen LogP) is 4.46. The molecule has 3 heterocycles. The van der Waals surface area contributed by atoms with Gasteiger partial charge in [0.15, 0.2) is 0 Å². The van der Waals surface area contributed by atoms with E-state index in [2.05, 4.69) is 15.2 Å². The lowest BCUT2D eigenvalue weighted by molar-refractivity contribution is 0.0513. The molecule has 0 atom stereocenters. The van der Waals surface area contributed by atoms with Crippen LogP contribution in [0.5, 0.6) is 0 Å². The molecule has 2 aromatic heterocycles. The van der Waals surface area contributed by atoms with Crippen LogP contribution in [0, 0.1) is 16.6 Å². The summed E-state index contributed by atoms with van der Waals surface area (Å²) in [5.74, 6) is 0.350. The van der Waals surface area contributed by atoms with E-state index in [0.29, 0.717) is 43.1 Å². The second kappa shape index (κ2) is 13.6. The average Bonchev–Trinajstić information content (AvgIpc) is 3.00. The number of nitrogens with zero attached hydrogens (tertiary/aromatic N) is 5. The van der Waals surface area contributed by atoms with Gasteiger partial charge in [0.05, 0.1) is 30.2 Å². The van der Waals surface area contributed by atoms with Gasteiger partial charge in [-0.05, 0) is 74.9 Å². The Morgan fingerprint density at radius 2 is 1.78 bits per heavy atom. The van der Waals surface area contributed by atoms with Crippen molar-refractivity contribution < 1.29 is 9.13 Å². The second-order valence-corrected chi connectivity index (χ2v) is 9.53. The van der Waals surface area contributed by atoms with Gasteiger partial charge in [0.25, 0.3) is 0 Å². The van der Waals surface area contributed by atoms with Crippen LogP contribution in [-0.2, 0) is 4.74 Å². The van der Waals surface area contributed by atoms with Crippen LogP contribution >= 0.6 is 0 Å². The van der Waals surface area contributed by atoms with Crippen molar-refractivity contribution in [3.05, 3.63) is 112 Å². The van der Waals surface area contributed by atoms with Crippen LogP contribution in [0.4, 0.5) is 4.39 Å². The van der Waals surface area contributed by atoms with Crippen molar-refractivity contribution >= 4 is 23.2 Å². The molecule has 212 valence electrons. The maximum absolute atomic E-state index is 13.7. The van der Waals surface area contributed by atoms with Crippen LogP contribution in [0.25, 0.3) is 11.8 Å².